The maximum Gasteiger partial charge on any atom is 0.412 e. The van der Waals surface area contributed by atoms with Crippen LogP contribution in [0.2, 0.25) is 0 Å². The second-order valence-electron chi connectivity index (χ2n) is 13.3. The number of nitrogens with zero attached hydrogens (tertiary/aromatic N) is 1. The van der Waals surface area contributed by atoms with Crippen molar-refractivity contribution >= 4 is 28.5 Å². The highest BCUT2D eigenvalue weighted by atomic mass is 16.6. The molecular weight excluding hydrogens is 656 g/mol. The molecule has 51 heavy (non-hydrogen) atoms. The molecule has 4 aromatic rings. The lowest BCUT2D eigenvalue weighted by Crippen LogP contribution is -2.28. The van der Waals surface area contributed by atoms with E-state index < -0.39 is 23.2 Å². The molecule has 0 bridgehead atoms. The van der Waals surface area contributed by atoms with Gasteiger partial charge in [0.05, 0.1) is 47.5 Å². The van der Waals surface area contributed by atoms with Crippen LogP contribution in [-0.4, -0.2) is 64.4 Å². The van der Waals surface area contributed by atoms with Gasteiger partial charge >= 0.3 is 12.1 Å². The number of aromatic nitrogens is 1. The predicted octanol–water partition coefficient (Wildman–Crippen LogP) is 7.78. The van der Waals surface area contributed by atoms with E-state index in [0.29, 0.717) is 69.2 Å². The minimum atomic E-state index is -0.773. The number of nitrogens with one attached hydrogen (secondary N) is 1. The van der Waals surface area contributed by atoms with Gasteiger partial charge in [0.2, 0.25) is 5.75 Å². The third-order valence-corrected chi connectivity index (χ3v) is 8.77. The van der Waals surface area contributed by atoms with Crippen LogP contribution in [0.4, 0.5) is 10.5 Å². The third kappa shape index (κ3) is 8.00. The van der Waals surface area contributed by atoms with Gasteiger partial charge < -0.3 is 33.2 Å². The normalized spacial score (nSPS) is 13.3. The van der Waals surface area contributed by atoms with Crippen molar-refractivity contribution in [1.29, 1.82) is 0 Å². The first-order chi connectivity index (χ1) is 24.4. The molecule has 1 amide bonds. The minimum absolute atomic E-state index is 0.0601. The van der Waals surface area contributed by atoms with Crippen LogP contribution in [0.15, 0.2) is 53.3 Å². The van der Waals surface area contributed by atoms with Crippen LogP contribution in [-0.2, 0) is 9.47 Å². The molecule has 1 N–H and O–H groups in total. The Balaban J connectivity index is 1.79. The highest BCUT2D eigenvalue weighted by Gasteiger charge is 2.29. The van der Waals surface area contributed by atoms with Crippen molar-refractivity contribution in [2.75, 3.05) is 47.5 Å². The second kappa shape index (κ2) is 15.7. The number of hydrogen-bond acceptors (Lipinski definition) is 10. The summed E-state index contributed by atoms with van der Waals surface area (Å²) in [5, 5.41) is 3.37. The van der Waals surface area contributed by atoms with Gasteiger partial charge in [-0.05, 0) is 93.6 Å². The fraction of sp³-hybridized carbons (Fsp3) is 0.410. The lowest BCUT2D eigenvalue weighted by atomic mass is 9.90. The molecule has 12 heteroatoms. The largest absolute Gasteiger partial charge is 0.493 e. The number of anilines is 1. The van der Waals surface area contributed by atoms with Gasteiger partial charge in [0.15, 0.2) is 23.0 Å². The average molecular weight is 703 g/mol. The van der Waals surface area contributed by atoms with E-state index in [1.165, 1.54) is 46.5 Å². The van der Waals surface area contributed by atoms with E-state index in [9.17, 15) is 14.4 Å². The molecule has 1 fully saturated rings. The Morgan fingerprint density at radius 3 is 1.94 bits per heavy atom. The standard InChI is InChI=1S/C39H46N2O10/c1-39(2,3)51-38(44)40-25-14-16-26(17-15-25)41-34(37(43)49-8)33(24-18-31(46-5)35(48-7)32(19-24)47-6)27-20-29(45-4)30(21-28(27)36(41)42)50-22-23-12-10-9-11-13-23/h14-21,23H,9-13,22H2,1-8H3,(H,40,44). The molecule has 1 aliphatic rings. The Hall–Kier alpha value is -5.39. The molecule has 1 heterocycles. The van der Waals surface area contributed by atoms with E-state index in [2.05, 4.69) is 5.32 Å². The number of ether oxygens (including phenoxy) is 7. The van der Waals surface area contributed by atoms with Crippen molar-refractivity contribution in [2.45, 2.75) is 58.5 Å². The lowest BCUT2D eigenvalue weighted by Gasteiger charge is -2.23. The van der Waals surface area contributed by atoms with Gasteiger partial charge in [0.25, 0.3) is 5.56 Å². The van der Waals surface area contributed by atoms with E-state index in [-0.39, 0.29) is 11.1 Å². The van der Waals surface area contributed by atoms with E-state index in [0.717, 1.165) is 25.7 Å². The molecule has 0 saturated heterocycles. The van der Waals surface area contributed by atoms with Gasteiger partial charge in [-0.15, -0.1) is 0 Å². The summed E-state index contributed by atoms with van der Waals surface area (Å²) in [7, 11) is 7.26. The van der Waals surface area contributed by atoms with E-state index in [1.54, 1.807) is 69.3 Å². The molecule has 0 spiro atoms. The first-order valence-corrected chi connectivity index (χ1v) is 16.9. The molecule has 1 saturated carbocycles. The summed E-state index contributed by atoms with van der Waals surface area (Å²) in [4.78, 5) is 41.0. The quantitative estimate of drug-likeness (QED) is 0.155. The highest BCUT2D eigenvalue weighted by molar-refractivity contribution is 6.08. The molecule has 0 unspecified atom stereocenters. The van der Waals surface area contributed by atoms with Crippen LogP contribution in [0.25, 0.3) is 27.6 Å². The molecule has 1 aromatic heterocycles. The van der Waals surface area contributed by atoms with Gasteiger partial charge in [-0.2, -0.15) is 0 Å². The molecular formula is C39H46N2O10. The van der Waals surface area contributed by atoms with Crippen LogP contribution < -0.4 is 34.6 Å². The number of carbonyl (C=O) groups is 2. The number of amides is 1. The predicted molar refractivity (Wildman–Crippen MR) is 194 cm³/mol. The van der Waals surface area contributed by atoms with Crippen LogP contribution in [0.5, 0.6) is 28.7 Å². The van der Waals surface area contributed by atoms with Crippen molar-refractivity contribution in [1.82, 2.24) is 4.57 Å². The van der Waals surface area contributed by atoms with Crippen molar-refractivity contribution in [3.05, 3.63) is 64.6 Å². The first kappa shape index (κ1) is 36.9. The molecule has 0 radical (unpaired) electrons. The van der Waals surface area contributed by atoms with Crippen molar-refractivity contribution in [2.24, 2.45) is 5.92 Å². The minimum Gasteiger partial charge on any atom is -0.493 e. The summed E-state index contributed by atoms with van der Waals surface area (Å²) >= 11 is 0. The molecule has 272 valence electrons. The van der Waals surface area contributed by atoms with Crippen molar-refractivity contribution in [3.8, 4) is 45.6 Å². The number of fused-ring (bicyclic) bond motifs is 1. The van der Waals surface area contributed by atoms with Crippen LogP contribution >= 0.6 is 0 Å². The Labute approximate surface area is 297 Å². The fourth-order valence-electron chi connectivity index (χ4n) is 6.41. The molecule has 12 nitrogen and oxygen atoms in total. The smallest absolute Gasteiger partial charge is 0.412 e. The average Bonchev–Trinajstić information content (AvgIpc) is 3.12. The van der Waals surface area contributed by atoms with Crippen LogP contribution in [0.1, 0.15) is 63.4 Å². The Kier molecular flexibility index (Phi) is 11.3. The fourth-order valence-corrected chi connectivity index (χ4v) is 6.41. The van der Waals surface area contributed by atoms with Crippen molar-refractivity contribution in [3.63, 3.8) is 0 Å². The van der Waals surface area contributed by atoms with E-state index >= 15 is 0 Å². The van der Waals surface area contributed by atoms with Gasteiger partial charge in [0, 0.05) is 22.3 Å². The molecule has 0 aliphatic heterocycles. The maximum atomic E-state index is 14.7. The zero-order valence-corrected chi connectivity index (χ0v) is 30.5. The summed E-state index contributed by atoms with van der Waals surface area (Å²) < 4.78 is 41.0. The first-order valence-electron chi connectivity index (χ1n) is 16.9. The Bertz CT molecular complexity index is 1930. The molecule has 3 aromatic carbocycles. The highest BCUT2D eigenvalue weighted by Crippen LogP contribution is 2.45. The van der Waals surface area contributed by atoms with Gasteiger partial charge in [-0.3, -0.25) is 14.7 Å². The summed E-state index contributed by atoms with van der Waals surface area (Å²) in [5.41, 5.74) is 0.340. The monoisotopic (exact) mass is 702 g/mol. The maximum absolute atomic E-state index is 14.7. The number of benzene rings is 3. The number of rotatable bonds is 11. The summed E-state index contributed by atoms with van der Waals surface area (Å²) in [6, 6.07) is 13.2. The molecule has 0 atom stereocenters. The number of esters is 1. The lowest BCUT2D eigenvalue weighted by molar-refractivity contribution is 0.0589. The summed E-state index contributed by atoms with van der Waals surface area (Å²) in [6.45, 7) is 5.79. The van der Waals surface area contributed by atoms with Crippen molar-refractivity contribution < 1.29 is 42.7 Å². The van der Waals surface area contributed by atoms with Crippen LogP contribution in [0, 0.1) is 5.92 Å². The third-order valence-electron chi connectivity index (χ3n) is 8.77. The Morgan fingerprint density at radius 1 is 0.784 bits per heavy atom. The number of hydrogen-bond donors (Lipinski definition) is 1. The topological polar surface area (TPSA) is 133 Å². The number of carbonyl (C=O) groups excluding carboxylic acids is 2. The zero-order valence-electron chi connectivity index (χ0n) is 30.5. The Morgan fingerprint density at radius 2 is 1.39 bits per heavy atom. The van der Waals surface area contributed by atoms with E-state index in [1.807, 2.05) is 0 Å². The summed E-state index contributed by atoms with van der Waals surface area (Å²) in [6.07, 6.45) is 5.07. The molecule has 1 aliphatic carbocycles. The second-order valence-corrected chi connectivity index (χ2v) is 13.3. The number of pyridine rings is 1. The molecule has 5 rings (SSSR count). The van der Waals surface area contributed by atoms with Crippen LogP contribution in [0.3, 0.4) is 0 Å². The van der Waals surface area contributed by atoms with E-state index in [4.69, 9.17) is 33.2 Å². The summed E-state index contributed by atoms with van der Waals surface area (Å²) in [5.74, 6) is 1.47. The van der Waals surface area contributed by atoms with Gasteiger partial charge in [-0.25, -0.2) is 9.59 Å². The van der Waals surface area contributed by atoms with Gasteiger partial charge in [0.1, 0.15) is 11.3 Å². The number of methoxy groups -OCH3 is 5. The SMILES string of the molecule is COC(=O)c1c(-c2cc(OC)c(OC)c(OC)c2)c2cc(OC)c(OCC3CCCCC3)cc2c(=O)n1-c1ccc(NC(=O)OC(C)(C)C)cc1. The van der Waals surface area contributed by atoms with Gasteiger partial charge in [-0.1, -0.05) is 19.3 Å². The zero-order chi connectivity index (χ0) is 36.9.